The smallest absolute Gasteiger partial charge is 0.251 e. The SMILES string of the molecule is O=C(NCCCCN1CCOCC1)c1ccc2ccccc2c1. The molecule has 4 heteroatoms. The van der Waals surface area contributed by atoms with E-state index >= 15 is 0 Å². The molecule has 0 spiro atoms. The van der Waals surface area contributed by atoms with Crippen LogP contribution in [0.3, 0.4) is 0 Å². The van der Waals surface area contributed by atoms with Crippen molar-refractivity contribution in [2.75, 3.05) is 39.4 Å². The van der Waals surface area contributed by atoms with Crippen LogP contribution in [0.2, 0.25) is 0 Å². The van der Waals surface area contributed by atoms with E-state index in [1.807, 2.05) is 36.4 Å². The van der Waals surface area contributed by atoms with Crippen LogP contribution in [0.15, 0.2) is 42.5 Å². The molecule has 1 N–H and O–H groups in total. The van der Waals surface area contributed by atoms with Gasteiger partial charge in [0.25, 0.3) is 5.91 Å². The van der Waals surface area contributed by atoms with Crippen molar-refractivity contribution in [3.8, 4) is 0 Å². The van der Waals surface area contributed by atoms with E-state index in [1.165, 1.54) is 0 Å². The molecule has 0 unspecified atom stereocenters. The second-order valence-corrected chi connectivity index (χ2v) is 5.98. The van der Waals surface area contributed by atoms with Gasteiger partial charge in [-0.25, -0.2) is 0 Å². The number of fused-ring (bicyclic) bond motifs is 1. The van der Waals surface area contributed by atoms with Gasteiger partial charge in [0.2, 0.25) is 0 Å². The van der Waals surface area contributed by atoms with Gasteiger partial charge in [0.05, 0.1) is 13.2 Å². The Morgan fingerprint density at radius 3 is 2.65 bits per heavy atom. The van der Waals surface area contributed by atoms with Crippen LogP contribution in [0, 0.1) is 0 Å². The first-order valence-corrected chi connectivity index (χ1v) is 8.40. The number of rotatable bonds is 6. The second kappa shape index (κ2) is 8.09. The molecule has 122 valence electrons. The predicted molar refractivity (Wildman–Crippen MR) is 92.8 cm³/mol. The fraction of sp³-hybridized carbons (Fsp3) is 0.421. The van der Waals surface area contributed by atoms with Crippen LogP contribution in [0.5, 0.6) is 0 Å². The molecular weight excluding hydrogens is 288 g/mol. The van der Waals surface area contributed by atoms with Crippen molar-refractivity contribution in [2.45, 2.75) is 12.8 Å². The molecule has 1 fully saturated rings. The molecule has 0 atom stereocenters. The molecule has 2 aromatic rings. The highest BCUT2D eigenvalue weighted by molar-refractivity contribution is 5.98. The lowest BCUT2D eigenvalue weighted by Gasteiger charge is -2.26. The number of morpholine rings is 1. The van der Waals surface area contributed by atoms with Gasteiger partial charge in [-0.1, -0.05) is 30.3 Å². The van der Waals surface area contributed by atoms with Crippen LogP contribution in [-0.4, -0.2) is 50.2 Å². The Labute approximate surface area is 137 Å². The number of carbonyl (C=O) groups is 1. The van der Waals surface area contributed by atoms with E-state index in [-0.39, 0.29) is 5.91 Å². The molecule has 0 aliphatic carbocycles. The zero-order valence-electron chi connectivity index (χ0n) is 13.5. The van der Waals surface area contributed by atoms with Crippen molar-refractivity contribution in [3.05, 3.63) is 48.0 Å². The Balaban J connectivity index is 1.41. The summed E-state index contributed by atoms with van der Waals surface area (Å²) in [4.78, 5) is 14.6. The van der Waals surface area contributed by atoms with Crippen molar-refractivity contribution in [3.63, 3.8) is 0 Å². The molecular formula is C19H24N2O2. The molecule has 0 radical (unpaired) electrons. The molecule has 23 heavy (non-hydrogen) atoms. The summed E-state index contributed by atoms with van der Waals surface area (Å²) in [5.74, 6) is 0.0159. The van der Waals surface area contributed by atoms with Crippen molar-refractivity contribution >= 4 is 16.7 Å². The standard InChI is InChI=1S/C19H24N2O2/c22-19(18-8-7-16-5-1-2-6-17(16)15-18)20-9-3-4-10-21-11-13-23-14-12-21/h1-2,5-8,15H,3-4,9-14H2,(H,20,22). The van der Waals surface area contributed by atoms with Gasteiger partial charge in [-0.15, -0.1) is 0 Å². The van der Waals surface area contributed by atoms with Crippen LogP contribution < -0.4 is 5.32 Å². The maximum atomic E-state index is 12.2. The van der Waals surface area contributed by atoms with E-state index in [4.69, 9.17) is 4.74 Å². The molecule has 0 aromatic heterocycles. The molecule has 1 heterocycles. The Hall–Kier alpha value is -1.91. The third-order valence-corrected chi connectivity index (χ3v) is 4.30. The number of carbonyl (C=O) groups excluding carboxylic acids is 1. The molecule has 4 nitrogen and oxygen atoms in total. The maximum Gasteiger partial charge on any atom is 0.251 e. The zero-order chi connectivity index (χ0) is 15.9. The first-order chi connectivity index (χ1) is 11.3. The fourth-order valence-electron chi connectivity index (χ4n) is 2.92. The molecule has 1 amide bonds. The van der Waals surface area contributed by atoms with Crippen LogP contribution in [0.1, 0.15) is 23.2 Å². The topological polar surface area (TPSA) is 41.6 Å². The number of benzene rings is 2. The average molecular weight is 312 g/mol. The van der Waals surface area contributed by atoms with Crippen LogP contribution >= 0.6 is 0 Å². The minimum Gasteiger partial charge on any atom is -0.379 e. The van der Waals surface area contributed by atoms with Gasteiger partial charge in [0.15, 0.2) is 0 Å². The summed E-state index contributed by atoms with van der Waals surface area (Å²) in [6.45, 7) is 5.58. The molecule has 1 aliphatic rings. The van der Waals surface area contributed by atoms with E-state index in [0.29, 0.717) is 0 Å². The normalized spacial score (nSPS) is 15.7. The highest BCUT2D eigenvalue weighted by atomic mass is 16.5. The van der Waals surface area contributed by atoms with Crippen LogP contribution in [0.25, 0.3) is 10.8 Å². The summed E-state index contributed by atoms with van der Waals surface area (Å²) in [6.07, 6.45) is 2.12. The minimum absolute atomic E-state index is 0.0159. The van der Waals surface area contributed by atoms with Crippen LogP contribution in [-0.2, 0) is 4.74 Å². The number of amides is 1. The summed E-state index contributed by atoms with van der Waals surface area (Å²) in [5, 5.41) is 5.29. The van der Waals surface area contributed by atoms with E-state index in [2.05, 4.69) is 16.3 Å². The number of unbranched alkanes of at least 4 members (excludes halogenated alkanes) is 1. The number of hydrogen-bond donors (Lipinski definition) is 1. The van der Waals surface area contributed by atoms with Gasteiger partial charge in [0, 0.05) is 25.2 Å². The van der Waals surface area contributed by atoms with Crippen molar-refractivity contribution in [1.29, 1.82) is 0 Å². The summed E-state index contributed by atoms with van der Waals surface area (Å²) in [5.41, 5.74) is 0.733. The minimum atomic E-state index is 0.0159. The Bertz CT molecular complexity index is 651. The number of nitrogens with one attached hydrogen (secondary N) is 1. The van der Waals surface area contributed by atoms with Gasteiger partial charge in [-0.05, 0) is 42.3 Å². The lowest BCUT2D eigenvalue weighted by Crippen LogP contribution is -2.37. The lowest BCUT2D eigenvalue weighted by molar-refractivity contribution is 0.0372. The van der Waals surface area contributed by atoms with E-state index in [0.717, 1.165) is 68.6 Å². The molecule has 0 saturated carbocycles. The quantitative estimate of drug-likeness (QED) is 0.834. The molecule has 2 aromatic carbocycles. The van der Waals surface area contributed by atoms with E-state index in [1.54, 1.807) is 0 Å². The van der Waals surface area contributed by atoms with Crippen molar-refractivity contribution in [1.82, 2.24) is 10.2 Å². The number of ether oxygens (including phenoxy) is 1. The first-order valence-electron chi connectivity index (χ1n) is 8.40. The molecule has 1 saturated heterocycles. The summed E-state index contributed by atoms with van der Waals surface area (Å²) < 4.78 is 5.34. The van der Waals surface area contributed by atoms with E-state index < -0.39 is 0 Å². The monoisotopic (exact) mass is 312 g/mol. The van der Waals surface area contributed by atoms with Gasteiger partial charge in [-0.3, -0.25) is 9.69 Å². The van der Waals surface area contributed by atoms with Crippen molar-refractivity contribution < 1.29 is 9.53 Å². The Morgan fingerprint density at radius 2 is 1.83 bits per heavy atom. The number of nitrogens with zero attached hydrogens (tertiary/aromatic N) is 1. The third-order valence-electron chi connectivity index (χ3n) is 4.30. The van der Waals surface area contributed by atoms with E-state index in [9.17, 15) is 4.79 Å². The first kappa shape index (κ1) is 16.0. The second-order valence-electron chi connectivity index (χ2n) is 5.98. The lowest BCUT2D eigenvalue weighted by atomic mass is 10.1. The van der Waals surface area contributed by atoms with Gasteiger partial charge >= 0.3 is 0 Å². The van der Waals surface area contributed by atoms with Gasteiger partial charge in [-0.2, -0.15) is 0 Å². The zero-order valence-corrected chi connectivity index (χ0v) is 13.5. The van der Waals surface area contributed by atoms with Gasteiger partial charge < -0.3 is 10.1 Å². The maximum absolute atomic E-state index is 12.2. The van der Waals surface area contributed by atoms with Crippen LogP contribution in [0.4, 0.5) is 0 Å². The number of hydrogen-bond acceptors (Lipinski definition) is 3. The summed E-state index contributed by atoms with van der Waals surface area (Å²) in [7, 11) is 0. The highest BCUT2D eigenvalue weighted by Gasteiger charge is 2.09. The third kappa shape index (κ3) is 4.53. The highest BCUT2D eigenvalue weighted by Crippen LogP contribution is 2.15. The predicted octanol–water partition coefficient (Wildman–Crippen LogP) is 2.68. The molecule has 0 bridgehead atoms. The molecule has 1 aliphatic heterocycles. The Morgan fingerprint density at radius 1 is 1.04 bits per heavy atom. The average Bonchev–Trinajstić information content (AvgIpc) is 2.61. The fourth-order valence-corrected chi connectivity index (χ4v) is 2.92. The van der Waals surface area contributed by atoms with Crippen molar-refractivity contribution in [2.24, 2.45) is 0 Å². The molecule has 3 rings (SSSR count). The summed E-state index contributed by atoms with van der Waals surface area (Å²) in [6, 6.07) is 14.0. The largest absolute Gasteiger partial charge is 0.379 e. The Kier molecular flexibility index (Phi) is 5.61. The summed E-state index contributed by atoms with van der Waals surface area (Å²) >= 11 is 0. The van der Waals surface area contributed by atoms with Gasteiger partial charge in [0.1, 0.15) is 0 Å².